The molecule has 21 heavy (non-hydrogen) atoms. The first kappa shape index (κ1) is 13.5. The Balaban J connectivity index is 1.70. The first-order valence-electron chi connectivity index (χ1n) is 6.90. The van der Waals surface area contributed by atoms with Gasteiger partial charge in [-0.05, 0) is 31.7 Å². The van der Waals surface area contributed by atoms with E-state index in [9.17, 15) is 9.18 Å². The molecule has 1 amide bonds. The zero-order chi connectivity index (χ0) is 14.7. The quantitative estimate of drug-likeness (QED) is 0.670. The van der Waals surface area contributed by atoms with Crippen LogP contribution in [0.15, 0.2) is 29.4 Å². The van der Waals surface area contributed by atoms with E-state index in [-0.39, 0.29) is 11.7 Å². The zero-order valence-electron chi connectivity index (χ0n) is 11.4. The van der Waals surface area contributed by atoms with Gasteiger partial charge in [0.25, 0.3) is 5.91 Å². The van der Waals surface area contributed by atoms with Crippen LogP contribution < -0.4 is 5.43 Å². The highest BCUT2D eigenvalue weighted by atomic mass is 19.1. The van der Waals surface area contributed by atoms with Crippen molar-refractivity contribution in [2.45, 2.75) is 25.7 Å². The van der Waals surface area contributed by atoms with E-state index in [1.807, 2.05) is 0 Å². The fourth-order valence-corrected chi connectivity index (χ4v) is 2.46. The summed E-state index contributed by atoms with van der Waals surface area (Å²) >= 11 is 0. The SMILES string of the molecule is O=C(N/N=C/c1ccccc1F)c1n[nH]c2c1CCCC2. The molecule has 0 fully saturated rings. The summed E-state index contributed by atoms with van der Waals surface area (Å²) in [5.41, 5.74) is 5.10. The maximum absolute atomic E-state index is 13.4. The number of nitrogens with zero attached hydrogens (tertiary/aromatic N) is 2. The van der Waals surface area contributed by atoms with Gasteiger partial charge in [0.15, 0.2) is 5.69 Å². The number of aromatic amines is 1. The standard InChI is InChI=1S/C15H15FN4O/c16-12-7-3-1-5-10(12)9-17-20-15(21)14-11-6-2-4-8-13(11)18-19-14/h1,3,5,7,9H,2,4,6,8H2,(H,18,19)(H,20,21)/b17-9+. The van der Waals surface area contributed by atoms with Gasteiger partial charge in [0.05, 0.1) is 6.21 Å². The van der Waals surface area contributed by atoms with Crippen LogP contribution in [0.4, 0.5) is 4.39 Å². The molecule has 2 N–H and O–H groups in total. The lowest BCUT2D eigenvalue weighted by molar-refractivity contribution is 0.0949. The van der Waals surface area contributed by atoms with Gasteiger partial charge in [0.1, 0.15) is 5.82 Å². The number of H-pyrrole nitrogens is 1. The highest BCUT2D eigenvalue weighted by Crippen LogP contribution is 2.21. The number of rotatable bonds is 3. The molecular weight excluding hydrogens is 271 g/mol. The maximum Gasteiger partial charge on any atom is 0.292 e. The third-order valence-corrected chi connectivity index (χ3v) is 3.55. The molecule has 1 aliphatic rings. The predicted octanol–water partition coefficient (Wildman–Crippen LogP) is 2.19. The van der Waals surface area contributed by atoms with Crippen molar-refractivity contribution in [1.29, 1.82) is 0 Å². The molecule has 0 saturated carbocycles. The minimum atomic E-state index is -0.382. The molecule has 0 aliphatic heterocycles. The number of halogens is 1. The maximum atomic E-state index is 13.4. The molecule has 3 rings (SSSR count). The monoisotopic (exact) mass is 286 g/mol. The van der Waals surface area contributed by atoms with Crippen molar-refractivity contribution in [3.8, 4) is 0 Å². The van der Waals surface area contributed by atoms with E-state index in [0.29, 0.717) is 11.3 Å². The molecular formula is C15H15FN4O. The number of carbonyl (C=O) groups is 1. The van der Waals surface area contributed by atoms with Crippen LogP contribution in [-0.2, 0) is 12.8 Å². The Morgan fingerprint density at radius 2 is 2.14 bits per heavy atom. The average molecular weight is 286 g/mol. The molecule has 108 valence electrons. The normalized spacial score (nSPS) is 14.1. The van der Waals surface area contributed by atoms with Gasteiger partial charge >= 0.3 is 0 Å². The van der Waals surface area contributed by atoms with E-state index in [0.717, 1.165) is 36.9 Å². The molecule has 0 spiro atoms. The van der Waals surface area contributed by atoms with Crippen LogP contribution in [0.5, 0.6) is 0 Å². The van der Waals surface area contributed by atoms with Crippen LogP contribution in [-0.4, -0.2) is 22.3 Å². The summed E-state index contributed by atoms with van der Waals surface area (Å²) in [6.07, 6.45) is 5.24. The van der Waals surface area contributed by atoms with E-state index in [2.05, 4.69) is 20.7 Å². The van der Waals surface area contributed by atoms with Crippen LogP contribution in [0.3, 0.4) is 0 Å². The molecule has 0 atom stereocenters. The van der Waals surface area contributed by atoms with E-state index in [1.165, 1.54) is 12.3 Å². The van der Waals surface area contributed by atoms with Gasteiger partial charge in [-0.15, -0.1) is 0 Å². The van der Waals surface area contributed by atoms with Gasteiger partial charge in [0.2, 0.25) is 0 Å². The van der Waals surface area contributed by atoms with Crippen LogP contribution in [0.2, 0.25) is 0 Å². The first-order valence-corrected chi connectivity index (χ1v) is 6.90. The third-order valence-electron chi connectivity index (χ3n) is 3.55. The smallest absolute Gasteiger partial charge is 0.281 e. The lowest BCUT2D eigenvalue weighted by atomic mass is 9.96. The Hall–Kier alpha value is -2.50. The van der Waals surface area contributed by atoms with Crippen molar-refractivity contribution >= 4 is 12.1 Å². The van der Waals surface area contributed by atoms with Gasteiger partial charge in [-0.2, -0.15) is 10.2 Å². The second kappa shape index (κ2) is 5.87. The molecule has 1 aromatic heterocycles. The number of amides is 1. The van der Waals surface area contributed by atoms with Crippen molar-refractivity contribution in [3.05, 3.63) is 52.6 Å². The van der Waals surface area contributed by atoms with Gasteiger partial charge in [0, 0.05) is 16.8 Å². The lowest BCUT2D eigenvalue weighted by Crippen LogP contribution is -2.20. The number of aromatic nitrogens is 2. The van der Waals surface area contributed by atoms with Gasteiger partial charge in [-0.3, -0.25) is 9.89 Å². The number of nitrogens with one attached hydrogen (secondary N) is 2. The van der Waals surface area contributed by atoms with E-state index >= 15 is 0 Å². The molecule has 1 aromatic carbocycles. The van der Waals surface area contributed by atoms with E-state index in [1.54, 1.807) is 18.2 Å². The van der Waals surface area contributed by atoms with Crippen LogP contribution in [0.25, 0.3) is 0 Å². The molecule has 0 saturated heterocycles. The summed E-state index contributed by atoms with van der Waals surface area (Å²) in [5.74, 6) is -0.755. The summed E-state index contributed by atoms with van der Waals surface area (Å²) in [4.78, 5) is 12.1. The van der Waals surface area contributed by atoms with Crippen molar-refractivity contribution in [2.24, 2.45) is 5.10 Å². The highest BCUT2D eigenvalue weighted by molar-refractivity contribution is 5.94. The zero-order valence-corrected chi connectivity index (χ0v) is 11.4. The predicted molar refractivity (Wildman–Crippen MR) is 76.7 cm³/mol. The minimum absolute atomic E-state index is 0.321. The number of carbonyl (C=O) groups excluding carboxylic acids is 1. The molecule has 0 radical (unpaired) electrons. The largest absolute Gasteiger partial charge is 0.292 e. The fourth-order valence-electron chi connectivity index (χ4n) is 2.46. The van der Waals surface area contributed by atoms with Gasteiger partial charge in [-0.25, -0.2) is 9.82 Å². The molecule has 6 heteroatoms. The summed E-state index contributed by atoms with van der Waals surface area (Å²) < 4.78 is 13.4. The number of fused-ring (bicyclic) bond motifs is 1. The molecule has 0 unspecified atom stereocenters. The van der Waals surface area contributed by atoms with Crippen molar-refractivity contribution in [1.82, 2.24) is 15.6 Å². The molecule has 1 heterocycles. The molecule has 1 aliphatic carbocycles. The lowest BCUT2D eigenvalue weighted by Gasteiger charge is -2.10. The minimum Gasteiger partial charge on any atom is -0.281 e. The van der Waals surface area contributed by atoms with Crippen LogP contribution in [0, 0.1) is 5.82 Å². The van der Waals surface area contributed by atoms with Gasteiger partial charge in [-0.1, -0.05) is 18.2 Å². The second-order valence-electron chi connectivity index (χ2n) is 4.96. The van der Waals surface area contributed by atoms with Crippen LogP contribution >= 0.6 is 0 Å². The first-order chi connectivity index (χ1) is 10.3. The number of hydrazone groups is 1. The Bertz CT molecular complexity index is 693. The molecule has 2 aromatic rings. The Morgan fingerprint density at radius 1 is 1.33 bits per heavy atom. The van der Waals surface area contributed by atoms with Crippen LogP contribution in [0.1, 0.15) is 40.2 Å². The fraction of sp³-hybridized carbons (Fsp3) is 0.267. The van der Waals surface area contributed by atoms with Crippen molar-refractivity contribution < 1.29 is 9.18 Å². The summed E-state index contributed by atoms with van der Waals surface area (Å²) in [5, 5.41) is 10.7. The Morgan fingerprint density at radius 3 is 3.00 bits per heavy atom. The number of benzene rings is 1. The summed E-state index contributed by atoms with van der Waals surface area (Å²) in [6.45, 7) is 0. The van der Waals surface area contributed by atoms with Crippen molar-refractivity contribution in [2.75, 3.05) is 0 Å². The average Bonchev–Trinajstić information content (AvgIpc) is 2.93. The molecule has 5 nitrogen and oxygen atoms in total. The second-order valence-corrected chi connectivity index (χ2v) is 4.96. The Labute approximate surface area is 121 Å². The number of aryl methyl sites for hydroxylation is 1. The highest BCUT2D eigenvalue weighted by Gasteiger charge is 2.21. The third kappa shape index (κ3) is 2.84. The number of hydrogen-bond donors (Lipinski definition) is 2. The van der Waals surface area contributed by atoms with E-state index < -0.39 is 0 Å². The van der Waals surface area contributed by atoms with E-state index in [4.69, 9.17) is 0 Å². The molecule has 0 bridgehead atoms. The Kier molecular flexibility index (Phi) is 3.77. The van der Waals surface area contributed by atoms with Crippen molar-refractivity contribution in [3.63, 3.8) is 0 Å². The van der Waals surface area contributed by atoms with Gasteiger partial charge < -0.3 is 0 Å². The number of hydrogen-bond acceptors (Lipinski definition) is 3. The topological polar surface area (TPSA) is 70.1 Å². The summed E-state index contributed by atoms with van der Waals surface area (Å²) in [6, 6.07) is 6.23. The summed E-state index contributed by atoms with van der Waals surface area (Å²) in [7, 11) is 0.